The number of aliphatic hydroxyl groups is 1. The van der Waals surface area contributed by atoms with Gasteiger partial charge in [0.1, 0.15) is 10.8 Å². The van der Waals surface area contributed by atoms with Crippen molar-refractivity contribution in [2.75, 3.05) is 0 Å². The molecule has 3 aromatic rings. The lowest BCUT2D eigenvalue weighted by atomic mass is 10.1. The molecule has 0 spiro atoms. The summed E-state index contributed by atoms with van der Waals surface area (Å²) in [5, 5.41) is 12.9. The van der Waals surface area contributed by atoms with Crippen LogP contribution < -0.4 is 0 Å². The fraction of sp³-hybridized carbons (Fsp3) is 0.118. The first-order valence-electron chi connectivity index (χ1n) is 6.66. The first kappa shape index (κ1) is 13.9. The zero-order chi connectivity index (χ0) is 14.7. The number of halogens is 1. The van der Waals surface area contributed by atoms with Crippen molar-refractivity contribution < 1.29 is 9.50 Å². The highest BCUT2D eigenvalue weighted by atomic mass is 32.1. The zero-order valence-electron chi connectivity index (χ0n) is 11.2. The van der Waals surface area contributed by atoms with Gasteiger partial charge < -0.3 is 5.11 Å². The molecule has 3 rings (SSSR count). The number of thiazole rings is 1. The molecule has 0 bridgehead atoms. The Bertz CT molecular complexity index is 726. The predicted octanol–water partition coefficient (Wildman–Crippen LogP) is 4.23. The van der Waals surface area contributed by atoms with Crippen molar-refractivity contribution in [2.45, 2.75) is 12.5 Å². The standard InChI is InChI=1S/C17H14FNOS/c18-14-8-4-7-13(9-14)17-19-15(11-21-17)10-16(20)12-5-2-1-3-6-12/h1-9,11,16,20H,10H2. The SMILES string of the molecule is OC(Cc1csc(-c2cccc(F)c2)n1)c1ccccc1. The number of aromatic nitrogens is 1. The first-order valence-corrected chi connectivity index (χ1v) is 7.54. The molecule has 2 aromatic carbocycles. The summed E-state index contributed by atoms with van der Waals surface area (Å²) in [6.45, 7) is 0. The zero-order valence-corrected chi connectivity index (χ0v) is 12.1. The van der Waals surface area contributed by atoms with Crippen molar-refractivity contribution in [3.05, 3.63) is 77.1 Å². The van der Waals surface area contributed by atoms with Crippen LogP contribution in [0.1, 0.15) is 17.4 Å². The van der Waals surface area contributed by atoms with Gasteiger partial charge in [-0.3, -0.25) is 0 Å². The van der Waals surface area contributed by atoms with Gasteiger partial charge in [-0.15, -0.1) is 11.3 Å². The quantitative estimate of drug-likeness (QED) is 0.782. The molecule has 21 heavy (non-hydrogen) atoms. The molecule has 1 N–H and O–H groups in total. The third-order valence-electron chi connectivity index (χ3n) is 3.21. The highest BCUT2D eigenvalue weighted by Crippen LogP contribution is 2.26. The fourth-order valence-electron chi connectivity index (χ4n) is 2.15. The number of hydrogen-bond acceptors (Lipinski definition) is 3. The Hall–Kier alpha value is -2.04. The van der Waals surface area contributed by atoms with Gasteiger partial charge in [-0.2, -0.15) is 0 Å². The maximum absolute atomic E-state index is 13.2. The highest BCUT2D eigenvalue weighted by Gasteiger charge is 2.12. The summed E-state index contributed by atoms with van der Waals surface area (Å²) in [5.74, 6) is -0.270. The normalized spacial score (nSPS) is 12.3. The van der Waals surface area contributed by atoms with Crippen LogP contribution in [0, 0.1) is 5.82 Å². The monoisotopic (exact) mass is 299 g/mol. The van der Waals surface area contributed by atoms with Crippen LogP contribution in [0.4, 0.5) is 4.39 Å². The van der Waals surface area contributed by atoms with Crippen LogP contribution in [0.15, 0.2) is 60.0 Å². The van der Waals surface area contributed by atoms with E-state index in [0.717, 1.165) is 21.8 Å². The van der Waals surface area contributed by atoms with Crippen LogP contribution in [0.5, 0.6) is 0 Å². The average molecular weight is 299 g/mol. The van der Waals surface area contributed by atoms with E-state index in [-0.39, 0.29) is 5.82 Å². The Kier molecular flexibility index (Phi) is 4.08. The molecule has 1 aromatic heterocycles. The second kappa shape index (κ2) is 6.16. The summed E-state index contributed by atoms with van der Waals surface area (Å²) < 4.78 is 13.2. The van der Waals surface area contributed by atoms with E-state index >= 15 is 0 Å². The molecule has 0 saturated heterocycles. The number of benzene rings is 2. The minimum Gasteiger partial charge on any atom is -0.388 e. The van der Waals surface area contributed by atoms with Gasteiger partial charge >= 0.3 is 0 Å². The van der Waals surface area contributed by atoms with Crippen molar-refractivity contribution in [1.82, 2.24) is 4.98 Å². The van der Waals surface area contributed by atoms with Crippen LogP contribution in [0.2, 0.25) is 0 Å². The fourth-order valence-corrected chi connectivity index (χ4v) is 2.98. The Balaban J connectivity index is 1.76. The van der Waals surface area contributed by atoms with E-state index in [1.54, 1.807) is 6.07 Å². The summed E-state index contributed by atoms with van der Waals surface area (Å²) >= 11 is 1.46. The van der Waals surface area contributed by atoms with Crippen molar-refractivity contribution in [3.8, 4) is 10.6 Å². The van der Waals surface area contributed by atoms with Crippen molar-refractivity contribution >= 4 is 11.3 Å². The van der Waals surface area contributed by atoms with Gasteiger partial charge in [0.05, 0.1) is 11.8 Å². The van der Waals surface area contributed by atoms with E-state index in [4.69, 9.17) is 0 Å². The first-order chi connectivity index (χ1) is 10.2. The molecule has 0 fully saturated rings. The lowest BCUT2D eigenvalue weighted by Crippen LogP contribution is -2.01. The number of nitrogens with zero attached hydrogens (tertiary/aromatic N) is 1. The van der Waals surface area contributed by atoms with E-state index < -0.39 is 6.10 Å². The summed E-state index contributed by atoms with van der Waals surface area (Å²) in [4.78, 5) is 4.48. The maximum Gasteiger partial charge on any atom is 0.123 e. The summed E-state index contributed by atoms with van der Waals surface area (Å²) in [6.07, 6.45) is -0.121. The van der Waals surface area contributed by atoms with E-state index in [1.165, 1.54) is 23.5 Å². The van der Waals surface area contributed by atoms with Crippen molar-refractivity contribution in [2.24, 2.45) is 0 Å². The maximum atomic E-state index is 13.2. The third-order valence-corrected chi connectivity index (χ3v) is 4.15. The van der Waals surface area contributed by atoms with Gasteiger partial charge in [0, 0.05) is 17.4 Å². The van der Waals surface area contributed by atoms with Crippen LogP contribution in [0.3, 0.4) is 0 Å². The van der Waals surface area contributed by atoms with E-state index in [0.29, 0.717) is 6.42 Å². The van der Waals surface area contributed by atoms with Crippen molar-refractivity contribution in [3.63, 3.8) is 0 Å². The number of aliphatic hydroxyl groups excluding tert-OH is 1. The van der Waals surface area contributed by atoms with Crippen LogP contribution in [0.25, 0.3) is 10.6 Å². The topological polar surface area (TPSA) is 33.1 Å². The molecule has 0 aliphatic rings. The molecule has 2 nitrogen and oxygen atoms in total. The predicted molar refractivity (Wildman–Crippen MR) is 82.6 cm³/mol. The highest BCUT2D eigenvalue weighted by molar-refractivity contribution is 7.13. The molecule has 1 unspecified atom stereocenters. The number of rotatable bonds is 4. The summed E-state index contributed by atoms with van der Waals surface area (Å²) in [6, 6.07) is 15.9. The molecule has 1 heterocycles. The molecule has 0 aliphatic heterocycles. The Morgan fingerprint density at radius 3 is 2.67 bits per heavy atom. The minimum atomic E-state index is -0.575. The van der Waals surface area contributed by atoms with E-state index in [2.05, 4.69) is 4.98 Å². The van der Waals surface area contributed by atoms with Crippen LogP contribution in [-0.4, -0.2) is 10.1 Å². The van der Waals surface area contributed by atoms with Crippen molar-refractivity contribution in [1.29, 1.82) is 0 Å². The largest absolute Gasteiger partial charge is 0.388 e. The van der Waals surface area contributed by atoms with E-state index in [9.17, 15) is 9.50 Å². The van der Waals surface area contributed by atoms with Gasteiger partial charge in [0.15, 0.2) is 0 Å². The lowest BCUT2D eigenvalue weighted by molar-refractivity contribution is 0.177. The Morgan fingerprint density at radius 1 is 1.10 bits per heavy atom. The molecule has 0 saturated carbocycles. The minimum absolute atomic E-state index is 0.270. The molecular weight excluding hydrogens is 285 g/mol. The second-order valence-corrected chi connectivity index (χ2v) is 5.64. The molecule has 0 amide bonds. The molecule has 4 heteroatoms. The van der Waals surface area contributed by atoms with Gasteiger partial charge in [0.2, 0.25) is 0 Å². The van der Waals surface area contributed by atoms with E-state index in [1.807, 2.05) is 41.8 Å². The van der Waals surface area contributed by atoms with Crippen LogP contribution in [-0.2, 0) is 6.42 Å². The molecule has 106 valence electrons. The second-order valence-electron chi connectivity index (χ2n) is 4.78. The molecular formula is C17H14FNOS. The molecule has 1 atom stereocenters. The van der Waals surface area contributed by atoms with Gasteiger partial charge in [0.25, 0.3) is 0 Å². The molecule has 0 radical (unpaired) electrons. The Morgan fingerprint density at radius 2 is 1.90 bits per heavy atom. The summed E-state index contributed by atoms with van der Waals surface area (Å²) in [7, 11) is 0. The summed E-state index contributed by atoms with van der Waals surface area (Å²) in [5.41, 5.74) is 2.45. The lowest BCUT2D eigenvalue weighted by Gasteiger charge is -2.08. The molecule has 0 aliphatic carbocycles. The van der Waals surface area contributed by atoms with Gasteiger partial charge in [-0.1, -0.05) is 42.5 Å². The average Bonchev–Trinajstić information content (AvgIpc) is 2.97. The number of hydrogen-bond donors (Lipinski definition) is 1. The van der Waals surface area contributed by atoms with Gasteiger partial charge in [-0.05, 0) is 17.7 Å². The smallest absolute Gasteiger partial charge is 0.123 e. The Labute approximate surface area is 126 Å². The third kappa shape index (κ3) is 3.35. The van der Waals surface area contributed by atoms with Crippen LogP contribution >= 0.6 is 11.3 Å². The van der Waals surface area contributed by atoms with Gasteiger partial charge in [-0.25, -0.2) is 9.37 Å².